The van der Waals surface area contributed by atoms with Crippen LogP contribution in [0.25, 0.3) is 0 Å². The van der Waals surface area contributed by atoms with E-state index in [0.717, 1.165) is 18.5 Å². The van der Waals surface area contributed by atoms with Crippen LogP contribution in [0.2, 0.25) is 0 Å². The fourth-order valence-electron chi connectivity index (χ4n) is 3.07. The summed E-state index contributed by atoms with van der Waals surface area (Å²) in [5, 5.41) is 3.58. The molecule has 2 unspecified atom stereocenters. The van der Waals surface area contributed by atoms with Crippen molar-refractivity contribution in [3.8, 4) is 5.75 Å². The third kappa shape index (κ3) is 3.72. The molecule has 0 spiro atoms. The molecule has 112 valence electrons. The van der Waals surface area contributed by atoms with Crippen molar-refractivity contribution in [2.24, 2.45) is 5.92 Å². The van der Waals surface area contributed by atoms with Crippen LogP contribution >= 0.6 is 0 Å². The minimum absolute atomic E-state index is 0.137. The normalized spacial score (nSPS) is 23.1. The second-order valence-corrected chi connectivity index (χ2v) is 6.82. The van der Waals surface area contributed by atoms with E-state index in [4.69, 9.17) is 4.74 Å². The molecule has 2 nitrogen and oxygen atoms in total. The summed E-state index contributed by atoms with van der Waals surface area (Å²) in [4.78, 5) is 0. The van der Waals surface area contributed by atoms with E-state index in [1.54, 1.807) is 12.1 Å². The first-order chi connectivity index (χ1) is 9.40. The summed E-state index contributed by atoms with van der Waals surface area (Å²) in [6.45, 7) is 7.56. The summed E-state index contributed by atoms with van der Waals surface area (Å²) >= 11 is 0. The van der Waals surface area contributed by atoms with Gasteiger partial charge in [0.15, 0.2) is 11.6 Å². The van der Waals surface area contributed by atoms with Crippen LogP contribution in [-0.4, -0.2) is 19.2 Å². The maximum Gasteiger partial charge on any atom is 0.165 e. The fourth-order valence-corrected chi connectivity index (χ4v) is 3.07. The van der Waals surface area contributed by atoms with Crippen molar-refractivity contribution in [1.29, 1.82) is 0 Å². The van der Waals surface area contributed by atoms with E-state index in [2.05, 4.69) is 26.1 Å². The van der Waals surface area contributed by atoms with Crippen LogP contribution in [0.3, 0.4) is 0 Å². The minimum atomic E-state index is -0.251. The summed E-state index contributed by atoms with van der Waals surface area (Å²) in [5.74, 6) is 1.14. The maximum atomic E-state index is 13.9. The van der Waals surface area contributed by atoms with Crippen molar-refractivity contribution < 1.29 is 9.13 Å². The first kappa shape index (κ1) is 15.3. The van der Waals surface area contributed by atoms with E-state index >= 15 is 0 Å². The molecule has 1 aliphatic rings. The zero-order valence-electron chi connectivity index (χ0n) is 13.0. The van der Waals surface area contributed by atoms with Gasteiger partial charge in [-0.1, -0.05) is 12.5 Å². The lowest BCUT2D eigenvalue weighted by atomic mass is 9.88. The van der Waals surface area contributed by atoms with Crippen molar-refractivity contribution in [3.63, 3.8) is 0 Å². The van der Waals surface area contributed by atoms with Gasteiger partial charge in [-0.2, -0.15) is 0 Å². The Morgan fingerprint density at radius 1 is 1.30 bits per heavy atom. The molecule has 0 aromatic heterocycles. The predicted molar refractivity (Wildman–Crippen MR) is 80.8 cm³/mol. The molecule has 0 heterocycles. The van der Waals surface area contributed by atoms with Crippen LogP contribution in [0.1, 0.15) is 51.5 Å². The molecule has 2 atom stereocenters. The van der Waals surface area contributed by atoms with Crippen molar-refractivity contribution in [3.05, 3.63) is 29.6 Å². The van der Waals surface area contributed by atoms with Crippen molar-refractivity contribution in [1.82, 2.24) is 5.32 Å². The van der Waals surface area contributed by atoms with Gasteiger partial charge in [0, 0.05) is 5.54 Å². The Morgan fingerprint density at radius 2 is 2.05 bits per heavy atom. The summed E-state index contributed by atoms with van der Waals surface area (Å²) in [6, 6.07) is 5.41. The molecule has 1 fully saturated rings. The highest BCUT2D eigenvalue weighted by atomic mass is 19.1. The first-order valence-electron chi connectivity index (χ1n) is 7.49. The second-order valence-electron chi connectivity index (χ2n) is 6.82. The largest absolute Gasteiger partial charge is 0.494 e. The molecule has 1 aliphatic carbocycles. The Morgan fingerprint density at radius 3 is 2.65 bits per heavy atom. The zero-order valence-corrected chi connectivity index (χ0v) is 13.0. The number of rotatable bonds is 4. The van der Waals surface area contributed by atoms with Gasteiger partial charge in [-0.3, -0.25) is 0 Å². The number of methoxy groups -OCH3 is 1. The van der Waals surface area contributed by atoms with Crippen molar-refractivity contribution in [2.45, 2.75) is 51.5 Å². The second kappa shape index (κ2) is 6.13. The smallest absolute Gasteiger partial charge is 0.165 e. The molecule has 0 amide bonds. The standard InChI is InChI=1S/C17H26FNO/c1-17(2,3)19-11-13-6-5-7-14(13)12-8-9-16(20-4)15(18)10-12/h8-10,13-14,19H,5-7,11H2,1-4H3. The average molecular weight is 279 g/mol. The minimum Gasteiger partial charge on any atom is -0.494 e. The third-order valence-corrected chi connectivity index (χ3v) is 4.16. The monoisotopic (exact) mass is 279 g/mol. The lowest BCUT2D eigenvalue weighted by Gasteiger charge is -2.27. The molecule has 1 N–H and O–H groups in total. The first-order valence-corrected chi connectivity index (χ1v) is 7.49. The van der Waals surface area contributed by atoms with Gasteiger partial charge in [-0.15, -0.1) is 0 Å². The topological polar surface area (TPSA) is 21.3 Å². The molecular weight excluding hydrogens is 253 g/mol. The Balaban J connectivity index is 2.08. The molecule has 0 radical (unpaired) electrons. The lowest BCUT2D eigenvalue weighted by molar-refractivity contribution is 0.355. The van der Waals surface area contributed by atoms with E-state index < -0.39 is 0 Å². The van der Waals surface area contributed by atoms with E-state index in [1.807, 2.05) is 6.07 Å². The molecular formula is C17H26FNO. The van der Waals surface area contributed by atoms with Gasteiger partial charge in [0.1, 0.15) is 0 Å². The summed E-state index contributed by atoms with van der Waals surface area (Å²) < 4.78 is 18.9. The van der Waals surface area contributed by atoms with Gasteiger partial charge in [0.25, 0.3) is 0 Å². The van der Waals surface area contributed by atoms with Crippen molar-refractivity contribution >= 4 is 0 Å². The van der Waals surface area contributed by atoms with Crippen LogP contribution in [0.5, 0.6) is 5.75 Å². The molecule has 1 aromatic rings. The van der Waals surface area contributed by atoms with E-state index in [1.165, 1.54) is 20.0 Å². The Kier molecular flexibility index (Phi) is 4.69. The van der Waals surface area contributed by atoms with Crippen LogP contribution in [-0.2, 0) is 0 Å². The van der Waals surface area contributed by atoms with Gasteiger partial charge >= 0.3 is 0 Å². The van der Waals surface area contributed by atoms with Crippen LogP contribution in [0, 0.1) is 11.7 Å². The highest BCUT2D eigenvalue weighted by Crippen LogP contribution is 2.40. The Labute approximate surface area is 121 Å². The van der Waals surface area contributed by atoms with E-state index in [0.29, 0.717) is 17.6 Å². The third-order valence-electron chi connectivity index (χ3n) is 4.16. The van der Waals surface area contributed by atoms with Gasteiger partial charge in [0.05, 0.1) is 7.11 Å². The molecule has 0 aliphatic heterocycles. The number of benzene rings is 1. The predicted octanol–water partition coefficient (Wildman–Crippen LogP) is 4.11. The number of hydrogen-bond acceptors (Lipinski definition) is 2. The number of nitrogens with one attached hydrogen (secondary N) is 1. The molecule has 2 rings (SSSR count). The highest BCUT2D eigenvalue weighted by Gasteiger charge is 2.29. The maximum absolute atomic E-state index is 13.9. The van der Waals surface area contributed by atoms with Crippen LogP contribution in [0.15, 0.2) is 18.2 Å². The van der Waals surface area contributed by atoms with Crippen LogP contribution < -0.4 is 10.1 Å². The fraction of sp³-hybridized carbons (Fsp3) is 0.647. The molecule has 20 heavy (non-hydrogen) atoms. The molecule has 0 bridgehead atoms. The molecule has 1 aromatic carbocycles. The SMILES string of the molecule is COc1ccc(C2CCCC2CNC(C)(C)C)cc1F. The zero-order chi connectivity index (χ0) is 14.8. The van der Waals surface area contributed by atoms with Gasteiger partial charge < -0.3 is 10.1 Å². The number of ether oxygens (including phenoxy) is 1. The van der Waals surface area contributed by atoms with Gasteiger partial charge in [0.2, 0.25) is 0 Å². The lowest BCUT2D eigenvalue weighted by Crippen LogP contribution is -2.39. The summed E-state index contributed by atoms with van der Waals surface area (Å²) in [7, 11) is 1.50. The number of hydrogen-bond donors (Lipinski definition) is 1. The molecule has 3 heteroatoms. The Hall–Kier alpha value is -1.09. The summed E-state index contributed by atoms with van der Waals surface area (Å²) in [5.41, 5.74) is 1.25. The van der Waals surface area contributed by atoms with Crippen LogP contribution in [0.4, 0.5) is 4.39 Å². The molecule has 1 saturated carbocycles. The van der Waals surface area contributed by atoms with E-state index in [-0.39, 0.29) is 11.4 Å². The average Bonchev–Trinajstić information content (AvgIpc) is 2.83. The summed E-state index contributed by atoms with van der Waals surface area (Å²) in [6.07, 6.45) is 3.61. The quantitative estimate of drug-likeness (QED) is 0.895. The van der Waals surface area contributed by atoms with Gasteiger partial charge in [-0.05, 0) is 69.7 Å². The molecule has 0 saturated heterocycles. The Bertz CT molecular complexity index is 453. The van der Waals surface area contributed by atoms with Crippen molar-refractivity contribution in [2.75, 3.05) is 13.7 Å². The van der Waals surface area contributed by atoms with E-state index in [9.17, 15) is 4.39 Å². The number of halogens is 1. The van der Waals surface area contributed by atoms with Gasteiger partial charge in [-0.25, -0.2) is 4.39 Å². The highest BCUT2D eigenvalue weighted by molar-refractivity contribution is 5.32.